The molecule has 4 aromatic rings. The minimum Gasteiger partial charge on any atom is -0.493 e. The Morgan fingerprint density at radius 1 is 1.25 bits per heavy atom. The maximum absolute atomic E-state index is 11.8. The summed E-state index contributed by atoms with van der Waals surface area (Å²) in [5.74, 6) is 0.993. The van der Waals surface area contributed by atoms with Gasteiger partial charge in [0.25, 0.3) is 5.91 Å². The van der Waals surface area contributed by atoms with E-state index in [-0.39, 0.29) is 24.6 Å². The molecule has 0 aliphatic heterocycles. The van der Waals surface area contributed by atoms with E-state index >= 15 is 0 Å². The minimum absolute atomic E-state index is 0.0351. The van der Waals surface area contributed by atoms with Gasteiger partial charge in [-0.25, -0.2) is 0 Å². The normalized spacial score (nSPS) is 11.0. The molecule has 32 heavy (non-hydrogen) atoms. The summed E-state index contributed by atoms with van der Waals surface area (Å²) in [6, 6.07) is 8.98. The van der Waals surface area contributed by atoms with Gasteiger partial charge in [-0.2, -0.15) is 10.1 Å². The zero-order valence-corrected chi connectivity index (χ0v) is 18.4. The number of nitrogens with zero attached hydrogens (tertiary/aromatic N) is 3. The SMILES string of the molecule is COc1cc(-c2noc(Nc3ccc4[nH]ncc4c3Cl)n2)ccc1OCC(=O)NC(C)C. The minimum atomic E-state index is -0.215. The van der Waals surface area contributed by atoms with Crippen LogP contribution in [0.4, 0.5) is 11.7 Å². The number of aromatic nitrogens is 4. The van der Waals surface area contributed by atoms with Gasteiger partial charge < -0.3 is 24.6 Å². The van der Waals surface area contributed by atoms with E-state index < -0.39 is 0 Å². The van der Waals surface area contributed by atoms with Crippen LogP contribution < -0.4 is 20.1 Å². The van der Waals surface area contributed by atoms with Crippen molar-refractivity contribution in [3.63, 3.8) is 0 Å². The molecule has 1 amide bonds. The van der Waals surface area contributed by atoms with Gasteiger partial charge in [0.05, 0.1) is 29.5 Å². The Morgan fingerprint density at radius 3 is 2.88 bits per heavy atom. The largest absolute Gasteiger partial charge is 0.493 e. The molecule has 0 aliphatic carbocycles. The van der Waals surface area contributed by atoms with Gasteiger partial charge in [-0.1, -0.05) is 16.8 Å². The van der Waals surface area contributed by atoms with E-state index in [1.807, 2.05) is 19.9 Å². The molecule has 0 saturated carbocycles. The number of fused-ring (bicyclic) bond motifs is 1. The second kappa shape index (κ2) is 9.15. The van der Waals surface area contributed by atoms with E-state index in [9.17, 15) is 4.79 Å². The highest BCUT2D eigenvalue weighted by Gasteiger charge is 2.15. The van der Waals surface area contributed by atoms with E-state index in [2.05, 4.69) is 31.0 Å². The fraction of sp³-hybridized carbons (Fsp3) is 0.238. The molecule has 10 nitrogen and oxygen atoms in total. The first-order chi connectivity index (χ1) is 15.4. The predicted molar refractivity (Wildman–Crippen MR) is 119 cm³/mol. The van der Waals surface area contributed by atoms with E-state index in [0.717, 1.165) is 10.9 Å². The third-order valence-electron chi connectivity index (χ3n) is 4.46. The van der Waals surface area contributed by atoms with Gasteiger partial charge in [0.15, 0.2) is 18.1 Å². The van der Waals surface area contributed by atoms with Gasteiger partial charge in [0.1, 0.15) is 0 Å². The average molecular weight is 457 g/mol. The van der Waals surface area contributed by atoms with Crippen LogP contribution in [0.3, 0.4) is 0 Å². The highest BCUT2D eigenvalue weighted by Crippen LogP contribution is 2.34. The summed E-state index contributed by atoms with van der Waals surface area (Å²) < 4.78 is 16.3. The highest BCUT2D eigenvalue weighted by molar-refractivity contribution is 6.38. The summed E-state index contributed by atoms with van der Waals surface area (Å²) >= 11 is 6.42. The van der Waals surface area contributed by atoms with Crippen molar-refractivity contribution in [1.82, 2.24) is 25.7 Å². The third kappa shape index (κ3) is 4.59. The fourth-order valence-corrected chi connectivity index (χ4v) is 3.28. The van der Waals surface area contributed by atoms with Crippen LogP contribution in [0.15, 0.2) is 41.1 Å². The van der Waals surface area contributed by atoms with E-state index in [1.165, 1.54) is 7.11 Å². The van der Waals surface area contributed by atoms with Gasteiger partial charge in [-0.3, -0.25) is 9.89 Å². The molecule has 0 saturated heterocycles. The number of nitrogens with one attached hydrogen (secondary N) is 3. The van der Waals surface area contributed by atoms with Crippen molar-refractivity contribution in [2.75, 3.05) is 19.0 Å². The standard InChI is InChI=1S/C21H21ClN6O4/c1-11(2)24-18(29)10-31-16-7-4-12(8-17(16)30-3)20-26-21(32-28-20)25-15-6-5-14-13(19(15)22)9-23-27-14/h4-9,11H,10H2,1-3H3,(H,23,27)(H,24,29)(H,25,26,28). The molecule has 0 radical (unpaired) electrons. The topological polar surface area (TPSA) is 127 Å². The maximum Gasteiger partial charge on any atom is 0.326 e. The number of hydrogen-bond acceptors (Lipinski definition) is 8. The lowest BCUT2D eigenvalue weighted by molar-refractivity contribution is -0.123. The van der Waals surface area contributed by atoms with Crippen molar-refractivity contribution in [1.29, 1.82) is 0 Å². The number of halogens is 1. The molecule has 0 fully saturated rings. The second-order valence-electron chi connectivity index (χ2n) is 7.18. The number of benzene rings is 2. The maximum atomic E-state index is 11.8. The Bertz CT molecular complexity index is 1250. The second-order valence-corrected chi connectivity index (χ2v) is 7.56. The van der Waals surface area contributed by atoms with Crippen molar-refractivity contribution >= 4 is 40.1 Å². The Morgan fingerprint density at radius 2 is 2.09 bits per heavy atom. The van der Waals surface area contributed by atoms with Gasteiger partial charge in [0, 0.05) is 17.0 Å². The van der Waals surface area contributed by atoms with Crippen molar-refractivity contribution in [3.8, 4) is 22.9 Å². The molecule has 2 aromatic heterocycles. The summed E-state index contributed by atoms with van der Waals surface area (Å²) in [5, 5.41) is 17.9. The first-order valence-corrected chi connectivity index (χ1v) is 10.1. The summed E-state index contributed by atoms with van der Waals surface area (Å²) in [4.78, 5) is 16.2. The Balaban J connectivity index is 1.49. The number of rotatable bonds is 8. The third-order valence-corrected chi connectivity index (χ3v) is 4.86. The molecular weight excluding hydrogens is 436 g/mol. The van der Waals surface area contributed by atoms with Crippen molar-refractivity contribution in [3.05, 3.63) is 41.6 Å². The van der Waals surface area contributed by atoms with Crippen LogP contribution in [0, 0.1) is 0 Å². The molecule has 0 atom stereocenters. The van der Waals surface area contributed by atoms with Gasteiger partial charge >= 0.3 is 6.01 Å². The van der Waals surface area contributed by atoms with E-state index in [4.69, 9.17) is 25.6 Å². The number of methoxy groups -OCH3 is 1. The predicted octanol–water partition coefficient (Wildman–Crippen LogP) is 3.92. The molecule has 166 valence electrons. The number of ether oxygens (including phenoxy) is 2. The molecule has 0 bridgehead atoms. The van der Waals surface area contributed by atoms with Crippen LogP contribution in [-0.4, -0.2) is 46.0 Å². The number of amides is 1. The number of hydrogen-bond donors (Lipinski definition) is 3. The Labute approximate surface area is 188 Å². The van der Waals surface area contributed by atoms with Gasteiger partial charge in [0.2, 0.25) is 5.82 Å². The van der Waals surface area contributed by atoms with Crippen LogP contribution in [0.25, 0.3) is 22.3 Å². The smallest absolute Gasteiger partial charge is 0.326 e. The lowest BCUT2D eigenvalue weighted by Crippen LogP contribution is -2.34. The number of H-pyrrole nitrogens is 1. The van der Waals surface area contributed by atoms with Gasteiger partial charge in [-0.05, 0) is 44.2 Å². The first-order valence-electron chi connectivity index (χ1n) is 9.77. The number of aromatic amines is 1. The van der Waals surface area contributed by atoms with E-state index in [1.54, 1.807) is 30.5 Å². The summed E-state index contributed by atoms with van der Waals surface area (Å²) in [5.41, 5.74) is 2.08. The average Bonchev–Trinajstić information content (AvgIpc) is 3.43. The summed E-state index contributed by atoms with van der Waals surface area (Å²) in [6.45, 7) is 3.64. The van der Waals surface area contributed by atoms with Crippen molar-refractivity contribution in [2.45, 2.75) is 19.9 Å². The molecule has 2 heterocycles. The number of carbonyl (C=O) groups excluding carboxylic acids is 1. The van der Waals surface area contributed by atoms with Crippen molar-refractivity contribution in [2.24, 2.45) is 0 Å². The molecule has 11 heteroatoms. The molecule has 2 aromatic carbocycles. The monoisotopic (exact) mass is 456 g/mol. The van der Waals surface area contributed by atoms with Crippen LogP contribution in [0.2, 0.25) is 5.02 Å². The summed E-state index contributed by atoms with van der Waals surface area (Å²) in [6.07, 6.45) is 1.64. The Kier molecular flexibility index (Phi) is 6.13. The summed E-state index contributed by atoms with van der Waals surface area (Å²) in [7, 11) is 1.51. The number of anilines is 2. The molecule has 3 N–H and O–H groups in total. The fourth-order valence-electron chi connectivity index (χ4n) is 3.02. The molecule has 0 aliphatic rings. The van der Waals surface area contributed by atoms with Crippen LogP contribution in [-0.2, 0) is 4.79 Å². The zero-order valence-electron chi connectivity index (χ0n) is 17.6. The quantitative estimate of drug-likeness (QED) is 0.364. The Hall–Kier alpha value is -3.79. The van der Waals surface area contributed by atoms with Crippen molar-refractivity contribution < 1.29 is 18.8 Å². The molecule has 0 unspecified atom stereocenters. The lowest BCUT2D eigenvalue weighted by Gasteiger charge is -2.12. The van der Waals surface area contributed by atoms with Crippen LogP contribution in [0.5, 0.6) is 11.5 Å². The van der Waals surface area contributed by atoms with Gasteiger partial charge in [-0.15, -0.1) is 0 Å². The molecular formula is C21H21ClN6O4. The lowest BCUT2D eigenvalue weighted by atomic mass is 10.2. The molecule has 0 spiro atoms. The van der Waals surface area contributed by atoms with E-state index in [0.29, 0.717) is 33.6 Å². The molecule has 4 rings (SSSR count). The highest BCUT2D eigenvalue weighted by atomic mass is 35.5. The van der Waals surface area contributed by atoms with Crippen LogP contribution in [0.1, 0.15) is 13.8 Å². The van der Waals surface area contributed by atoms with Crippen LogP contribution >= 0.6 is 11.6 Å². The number of carbonyl (C=O) groups is 1. The zero-order chi connectivity index (χ0) is 22.7. The first kappa shape index (κ1) is 21.4.